The number of thioether (sulfide) groups is 1. The van der Waals surface area contributed by atoms with E-state index in [0.717, 1.165) is 0 Å². The Bertz CT molecular complexity index is 584. The van der Waals surface area contributed by atoms with Gasteiger partial charge in [0.25, 0.3) is 0 Å². The number of amides is 3. The van der Waals surface area contributed by atoms with Crippen molar-refractivity contribution in [3.63, 3.8) is 0 Å². The predicted octanol–water partition coefficient (Wildman–Crippen LogP) is -2.04. The zero-order valence-corrected chi connectivity index (χ0v) is 20.5. The van der Waals surface area contributed by atoms with Gasteiger partial charge in [0.05, 0.1) is 52.0 Å². The molecule has 0 aromatic carbocycles. The molecule has 34 heavy (non-hydrogen) atoms. The van der Waals surface area contributed by atoms with Crippen LogP contribution in [-0.2, 0) is 38.1 Å². The molecule has 0 saturated heterocycles. The van der Waals surface area contributed by atoms with Crippen molar-refractivity contribution in [1.29, 1.82) is 0 Å². The summed E-state index contributed by atoms with van der Waals surface area (Å²) in [5, 5.41) is 16.6. The summed E-state index contributed by atoms with van der Waals surface area (Å²) in [6.07, 6.45) is 1.96. The van der Waals surface area contributed by atoms with Gasteiger partial charge in [-0.15, -0.1) is 0 Å². The van der Waals surface area contributed by atoms with E-state index in [2.05, 4.69) is 16.0 Å². The van der Waals surface area contributed by atoms with E-state index in [-0.39, 0.29) is 63.5 Å². The summed E-state index contributed by atoms with van der Waals surface area (Å²) in [5.41, 5.74) is 5.32. The number of rotatable bonds is 23. The van der Waals surface area contributed by atoms with Gasteiger partial charge in [-0.05, 0) is 12.7 Å². The minimum atomic E-state index is -1.14. The van der Waals surface area contributed by atoms with E-state index in [0.29, 0.717) is 45.3 Å². The van der Waals surface area contributed by atoms with Gasteiger partial charge in [-0.25, -0.2) is 0 Å². The lowest BCUT2D eigenvalue weighted by Crippen LogP contribution is -2.33. The van der Waals surface area contributed by atoms with Crippen LogP contribution in [0.3, 0.4) is 0 Å². The van der Waals surface area contributed by atoms with Gasteiger partial charge in [-0.3, -0.25) is 19.2 Å². The fraction of sp³-hybridized carbons (Fsp3) is 0.800. The van der Waals surface area contributed by atoms with Crippen LogP contribution < -0.4 is 21.7 Å². The Morgan fingerprint density at radius 2 is 1.24 bits per heavy atom. The van der Waals surface area contributed by atoms with E-state index < -0.39 is 12.0 Å². The SMILES string of the molecule is CSCC(=O)NCCOCCOCCNC(=O)COCCOCCNC(=O)CC[C@H](N)C(=O)O. The Hall–Kier alpha value is -1.97. The van der Waals surface area contributed by atoms with Gasteiger partial charge < -0.3 is 45.7 Å². The maximum absolute atomic E-state index is 11.6. The number of carbonyl (C=O) groups excluding carboxylic acids is 3. The second-order valence-corrected chi connectivity index (χ2v) is 7.72. The number of nitrogens with one attached hydrogen (secondary N) is 3. The van der Waals surface area contributed by atoms with Crippen molar-refractivity contribution in [2.75, 3.05) is 84.5 Å². The van der Waals surface area contributed by atoms with Crippen LogP contribution in [0.5, 0.6) is 0 Å². The molecule has 198 valence electrons. The Kier molecular flexibility index (Phi) is 21.5. The quantitative estimate of drug-likeness (QED) is 0.0953. The zero-order valence-electron chi connectivity index (χ0n) is 19.7. The predicted molar refractivity (Wildman–Crippen MR) is 126 cm³/mol. The first kappa shape index (κ1) is 32.0. The second-order valence-electron chi connectivity index (χ2n) is 6.86. The van der Waals surface area contributed by atoms with Crippen molar-refractivity contribution < 1.29 is 43.2 Å². The molecule has 13 nitrogen and oxygen atoms in total. The molecule has 0 aliphatic heterocycles. The first-order chi connectivity index (χ1) is 16.4. The number of nitrogens with two attached hydrogens (primary N) is 1. The summed E-state index contributed by atoms with van der Waals surface area (Å²) in [5.74, 6) is -1.28. The fourth-order valence-electron chi connectivity index (χ4n) is 2.23. The van der Waals surface area contributed by atoms with Crippen LogP contribution in [0.25, 0.3) is 0 Å². The van der Waals surface area contributed by atoms with Gasteiger partial charge in [0.15, 0.2) is 0 Å². The average Bonchev–Trinajstić information content (AvgIpc) is 2.80. The maximum atomic E-state index is 11.6. The van der Waals surface area contributed by atoms with Gasteiger partial charge in [-0.2, -0.15) is 11.8 Å². The van der Waals surface area contributed by atoms with Crippen LogP contribution in [-0.4, -0.2) is 119 Å². The smallest absolute Gasteiger partial charge is 0.320 e. The van der Waals surface area contributed by atoms with Crippen LogP contribution in [0.4, 0.5) is 0 Å². The van der Waals surface area contributed by atoms with E-state index in [1.165, 1.54) is 11.8 Å². The highest BCUT2D eigenvalue weighted by Crippen LogP contribution is 1.94. The first-order valence-corrected chi connectivity index (χ1v) is 12.3. The average molecular weight is 511 g/mol. The molecule has 0 fully saturated rings. The Balaban J connectivity index is 3.34. The summed E-state index contributed by atoms with van der Waals surface area (Å²) in [6, 6.07) is -1.05. The van der Waals surface area contributed by atoms with Crippen molar-refractivity contribution in [2.24, 2.45) is 5.73 Å². The summed E-state index contributed by atoms with van der Waals surface area (Å²) in [6.45, 7) is 3.28. The molecule has 0 spiro atoms. The Morgan fingerprint density at radius 1 is 0.765 bits per heavy atom. The molecular formula is C20H38N4O9S. The Labute approximate surface area is 204 Å². The van der Waals surface area contributed by atoms with Gasteiger partial charge >= 0.3 is 5.97 Å². The van der Waals surface area contributed by atoms with Crippen molar-refractivity contribution in [3.05, 3.63) is 0 Å². The summed E-state index contributed by atoms with van der Waals surface area (Å²) >= 11 is 1.46. The number of aliphatic carboxylic acids is 1. The van der Waals surface area contributed by atoms with Gasteiger partial charge in [-0.1, -0.05) is 0 Å². The van der Waals surface area contributed by atoms with E-state index in [1.54, 1.807) is 0 Å². The molecule has 0 bridgehead atoms. The first-order valence-electron chi connectivity index (χ1n) is 10.9. The van der Waals surface area contributed by atoms with E-state index >= 15 is 0 Å². The van der Waals surface area contributed by atoms with Crippen LogP contribution in [0, 0.1) is 0 Å². The molecule has 0 unspecified atom stereocenters. The van der Waals surface area contributed by atoms with Crippen LogP contribution >= 0.6 is 11.8 Å². The molecule has 0 aromatic rings. The third-order valence-corrected chi connectivity index (χ3v) is 4.51. The number of carboxylic acids is 1. The van der Waals surface area contributed by atoms with Gasteiger partial charge in [0.1, 0.15) is 12.6 Å². The molecule has 3 amide bonds. The lowest BCUT2D eigenvalue weighted by molar-refractivity contribution is -0.138. The van der Waals surface area contributed by atoms with E-state index in [1.807, 2.05) is 6.26 Å². The van der Waals surface area contributed by atoms with Gasteiger partial charge in [0, 0.05) is 26.1 Å². The lowest BCUT2D eigenvalue weighted by atomic mass is 10.1. The highest BCUT2D eigenvalue weighted by Gasteiger charge is 2.13. The molecule has 0 radical (unpaired) electrons. The summed E-state index contributed by atoms with van der Waals surface area (Å²) < 4.78 is 21.1. The third kappa shape index (κ3) is 21.9. The van der Waals surface area contributed by atoms with Crippen LogP contribution in [0.15, 0.2) is 0 Å². The topological polar surface area (TPSA) is 188 Å². The zero-order chi connectivity index (χ0) is 25.4. The number of hydrogen-bond donors (Lipinski definition) is 5. The number of ether oxygens (including phenoxy) is 4. The standard InChI is InChI=1S/C20H38N4O9S/c1-34-15-19(27)24-6-9-31-11-10-30-8-5-23-18(26)14-33-13-12-32-7-4-22-17(25)3-2-16(21)20(28)29/h16H,2-15,21H2,1H3,(H,22,25)(H,23,26)(H,24,27)(H,28,29)/t16-/m0/s1. The van der Waals surface area contributed by atoms with Crippen LogP contribution in [0.1, 0.15) is 12.8 Å². The van der Waals surface area contributed by atoms with Crippen molar-refractivity contribution in [2.45, 2.75) is 18.9 Å². The van der Waals surface area contributed by atoms with Crippen molar-refractivity contribution >= 4 is 35.5 Å². The highest BCUT2D eigenvalue weighted by atomic mass is 32.2. The highest BCUT2D eigenvalue weighted by molar-refractivity contribution is 7.99. The van der Waals surface area contributed by atoms with Crippen molar-refractivity contribution in [1.82, 2.24) is 16.0 Å². The molecule has 0 saturated carbocycles. The second kappa shape index (κ2) is 22.8. The lowest BCUT2D eigenvalue weighted by Gasteiger charge is -2.09. The van der Waals surface area contributed by atoms with Crippen LogP contribution in [0.2, 0.25) is 0 Å². The van der Waals surface area contributed by atoms with E-state index in [4.69, 9.17) is 29.8 Å². The van der Waals surface area contributed by atoms with Gasteiger partial charge in [0.2, 0.25) is 17.7 Å². The maximum Gasteiger partial charge on any atom is 0.320 e. The van der Waals surface area contributed by atoms with E-state index in [9.17, 15) is 19.2 Å². The molecule has 14 heteroatoms. The minimum Gasteiger partial charge on any atom is -0.480 e. The molecule has 0 heterocycles. The number of carbonyl (C=O) groups is 4. The molecule has 1 atom stereocenters. The minimum absolute atomic E-state index is 0.0147. The molecule has 0 aliphatic carbocycles. The van der Waals surface area contributed by atoms with Crippen molar-refractivity contribution in [3.8, 4) is 0 Å². The fourth-order valence-corrected chi connectivity index (χ4v) is 2.59. The summed E-state index contributed by atoms with van der Waals surface area (Å²) in [7, 11) is 0. The third-order valence-electron chi connectivity index (χ3n) is 3.96. The molecular weight excluding hydrogens is 472 g/mol. The molecule has 0 aliphatic rings. The molecule has 0 rings (SSSR count). The number of hydrogen-bond acceptors (Lipinski definition) is 10. The largest absolute Gasteiger partial charge is 0.480 e. The monoisotopic (exact) mass is 510 g/mol. The molecule has 6 N–H and O–H groups in total. The normalized spacial score (nSPS) is 11.6. The summed E-state index contributed by atoms with van der Waals surface area (Å²) in [4.78, 5) is 44.9. The Morgan fingerprint density at radius 3 is 1.74 bits per heavy atom. The number of carboxylic acid groups (broad SMARTS) is 1. The molecule has 0 aromatic heterocycles.